The van der Waals surface area contributed by atoms with E-state index in [9.17, 15) is 9.59 Å². The van der Waals surface area contributed by atoms with E-state index >= 15 is 0 Å². The largest absolute Gasteiger partial charge is 0.481 e. The van der Waals surface area contributed by atoms with Crippen molar-refractivity contribution in [3.63, 3.8) is 0 Å². The van der Waals surface area contributed by atoms with Crippen molar-refractivity contribution in [3.05, 3.63) is 47.8 Å². The molecule has 2 amide bonds. The average Bonchev–Trinajstić information content (AvgIpc) is 3.43. The highest BCUT2D eigenvalue weighted by Crippen LogP contribution is 2.43. The van der Waals surface area contributed by atoms with Crippen LogP contribution in [0, 0.1) is 0 Å². The van der Waals surface area contributed by atoms with Gasteiger partial charge in [-0.25, -0.2) is 4.79 Å². The zero-order chi connectivity index (χ0) is 19.9. The van der Waals surface area contributed by atoms with Crippen LogP contribution < -0.4 is 10.6 Å². The number of aromatic nitrogens is 2. The molecule has 1 aromatic carbocycles. The van der Waals surface area contributed by atoms with E-state index in [1.54, 1.807) is 6.20 Å². The summed E-state index contributed by atoms with van der Waals surface area (Å²) in [5.41, 5.74) is 2.92. The molecule has 1 atom stereocenters. The number of carboxylic acid groups (broad SMARTS) is 1. The van der Waals surface area contributed by atoms with Crippen LogP contribution in [0.25, 0.3) is 0 Å². The van der Waals surface area contributed by atoms with E-state index in [0.717, 1.165) is 42.8 Å². The molecule has 7 nitrogen and oxygen atoms in total. The zero-order valence-corrected chi connectivity index (χ0v) is 16.2. The highest BCUT2D eigenvalue weighted by atomic mass is 16.4. The monoisotopic (exact) mass is 384 g/mol. The molecule has 3 rings (SSSR count). The normalized spacial score (nSPS) is 14.5. The van der Waals surface area contributed by atoms with Crippen molar-refractivity contribution in [1.82, 2.24) is 15.1 Å². The number of carbonyl (C=O) groups is 2. The third kappa shape index (κ3) is 5.58. The Kier molecular flexibility index (Phi) is 6.68. The lowest BCUT2D eigenvalue weighted by Gasteiger charge is -2.19. The molecule has 0 saturated heterocycles. The molecular formula is C21H28N4O3. The van der Waals surface area contributed by atoms with Gasteiger partial charge in [-0.15, -0.1) is 0 Å². The number of nitrogens with one attached hydrogen (secondary N) is 2. The quantitative estimate of drug-likeness (QED) is 0.581. The summed E-state index contributed by atoms with van der Waals surface area (Å²) in [6, 6.07) is 9.20. The second-order valence-electron chi connectivity index (χ2n) is 7.36. The van der Waals surface area contributed by atoms with Crippen LogP contribution >= 0.6 is 0 Å². The number of carbonyl (C=O) groups excluding carboxylic acids is 1. The van der Waals surface area contributed by atoms with Crippen molar-refractivity contribution >= 4 is 17.7 Å². The Hall–Kier alpha value is -2.83. The van der Waals surface area contributed by atoms with Crippen molar-refractivity contribution in [1.29, 1.82) is 0 Å². The predicted octanol–water partition coefficient (Wildman–Crippen LogP) is 3.77. The molecule has 0 aliphatic heterocycles. The number of nitrogens with zero attached hydrogens (tertiary/aromatic N) is 2. The van der Waals surface area contributed by atoms with Crippen molar-refractivity contribution in [3.8, 4) is 0 Å². The van der Waals surface area contributed by atoms with Gasteiger partial charge in [0.05, 0.1) is 17.6 Å². The molecule has 150 valence electrons. The van der Waals surface area contributed by atoms with Crippen molar-refractivity contribution in [2.24, 2.45) is 0 Å². The zero-order valence-electron chi connectivity index (χ0n) is 16.2. The smallest absolute Gasteiger partial charge is 0.319 e. The topological polar surface area (TPSA) is 96.3 Å². The fourth-order valence-corrected chi connectivity index (χ4v) is 3.43. The number of aryl methyl sites for hydroxylation is 1. The number of rotatable bonds is 10. The molecule has 1 aliphatic carbocycles. The van der Waals surface area contributed by atoms with Crippen molar-refractivity contribution < 1.29 is 14.7 Å². The molecule has 28 heavy (non-hydrogen) atoms. The van der Waals surface area contributed by atoms with Crippen LogP contribution in [0.3, 0.4) is 0 Å². The Balaban J connectivity index is 1.65. The molecule has 3 N–H and O–H groups in total. The molecule has 2 aromatic rings. The number of amides is 2. The van der Waals surface area contributed by atoms with Crippen LogP contribution in [0.2, 0.25) is 0 Å². The fraction of sp³-hybridized carbons (Fsp3) is 0.476. The summed E-state index contributed by atoms with van der Waals surface area (Å²) >= 11 is 0. The summed E-state index contributed by atoms with van der Waals surface area (Å²) in [5, 5.41) is 19.3. The fourth-order valence-electron chi connectivity index (χ4n) is 3.43. The molecule has 1 unspecified atom stereocenters. The highest BCUT2D eigenvalue weighted by Gasteiger charge is 2.31. The molecule has 1 aliphatic rings. The summed E-state index contributed by atoms with van der Waals surface area (Å²) in [5.74, 6) is -0.395. The maximum Gasteiger partial charge on any atom is 0.319 e. The number of carboxylic acids is 1. The van der Waals surface area contributed by atoms with Crippen molar-refractivity contribution in [2.45, 2.75) is 64.0 Å². The first-order valence-corrected chi connectivity index (χ1v) is 9.95. The molecule has 0 spiro atoms. The van der Waals surface area contributed by atoms with Gasteiger partial charge in [0.25, 0.3) is 0 Å². The summed E-state index contributed by atoms with van der Waals surface area (Å²) in [4.78, 5) is 23.6. The number of hydrogen-bond acceptors (Lipinski definition) is 3. The average molecular weight is 384 g/mol. The van der Waals surface area contributed by atoms with Gasteiger partial charge >= 0.3 is 12.0 Å². The van der Waals surface area contributed by atoms with Crippen LogP contribution in [-0.2, 0) is 17.8 Å². The Bertz CT molecular complexity index is 799. The molecule has 7 heteroatoms. The minimum atomic E-state index is -0.864. The van der Waals surface area contributed by atoms with Gasteiger partial charge in [-0.05, 0) is 37.7 Å². The SMILES string of the molecule is CCCn1ncc(NC(=O)NC(CCC(=O)O)Cc2ccccc2)c1C1CC1. The first-order chi connectivity index (χ1) is 13.6. The standard InChI is InChI=1S/C21H28N4O3/c1-2-12-25-20(16-8-9-16)18(14-22-25)24-21(28)23-17(10-11-19(26)27)13-15-6-4-3-5-7-15/h3-7,14,16-17H,2,8-13H2,1H3,(H,26,27)(H2,23,24,28). The van der Waals surface area contributed by atoms with E-state index in [2.05, 4.69) is 22.7 Å². The lowest BCUT2D eigenvalue weighted by atomic mass is 10.0. The van der Waals surface area contributed by atoms with E-state index in [1.165, 1.54) is 0 Å². The van der Waals surface area contributed by atoms with Crippen LogP contribution in [-0.4, -0.2) is 32.9 Å². The molecule has 0 bridgehead atoms. The van der Waals surface area contributed by atoms with Gasteiger partial charge in [-0.2, -0.15) is 5.10 Å². The van der Waals surface area contributed by atoms with Gasteiger partial charge in [0.1, 0.15) is 0 Å². The maximum absolute atomic E-state index is 12.6. The van der Waals surface area contributed by atoms with E-state index < -0.39 is 5.97 Å². The second kappa shape index (κ2) is 9.39. The Morgan fingerprint density at radius 2 is 2.04 bits per heavy atom. The molecular weight excluding hydrogens is 356 g/mol. The third-order valence-electron chi connectivity index (χ3n) is 4.89. The lowest BCUT2D eigenvalue weighted by Crippen LogP contribution is -2.39. The summed E-state index contributed by atoms with van der Waals surface area (Å²) in [6.45, 7) is 2.94. The molecule has 1 heterocycles. The van der Waals surface area contributed by atoms with Crippen LogP contribution in [0.1, 0.15) is 56.2 Å². The van der Waals surface area contributed by atoms with Gasteiger partial charge < -0.3 is 15.7 Å². The predicted molar refractivity (Wildman–Crippen MR) is 107 cm³/mol. The number of aliphatic carboxylic acids is 1. The van der Waals surface area contributed by atoms with Gasteiger partial charge in [0.2, 0.25) is 0 Å². The van der Waals surface area contributed by atoms with Crippen LogP contribution in [0.5, 0.6) is 0 Å². The minimum absolute atomic E-state index is 0.0134. The summed E-state index contributed by atoms with van der Waals surface area (Å²) < 4.78 is 1.99. The lowest BCUT2D eigenvalue weighted by molar-refractivity contribution is -0.137. The molecule has 1 saturated carbocycles. The first-order valence-electron chi connectivity index (χ1n) is 9.95. The van der Waals surface area contributed by atoms with Gasteiger partial charge in [-0.1, -0.05) is 37.3 Å². The number of hydrogen-bond donors (Lipinski definition) is 3. The van der Waals surface area contributed by atoms with E-state index in [-0.39, 0.29) is 18.5 Å². The van der Waals surface area contributed by atoms with Crippen LogP contribution in [0.15, 0.2) is 36.5 Å². The Labute approximate surface area is 165 Å². The third-order valence-corrected chi connectivity index (χ3v) is 4.89. The van der Waals surface area contributed by atoms with E-state index in [0.29, 0.717) is 18.8 Å². The minimum Gasteiger partial charge on any atom is -0.481 e. The number of urea groups is 1. The Morgan fingerprint density at radius 1 is 1.29 bits per heavy atom. The summed E-state index contributed by atoms with van der Waals surface area (Å²) in [7, 11) is 0. The van der Waals surface area contributed by atoms with Gasteiger partial charge in [0, 0.05) is 24.9 Å². The van der Waals surface area contributed by atoms with Gasteiger partial charge in [-0.3, -0.25) is 9.48 Å². The highest BCUT2D eigenvalue weighted by molar-refractivity contribution is 5.90. The molecule has 1 aromatic heterocycles. The van der Waals surface area contributed by atoms with Crippen molar-refractivity contribution in [2.75, 3.05) is 5.32 Å². The Morgan fingerprint density at radius 3 is 2.68 bits per heavy atom. The number of anilines is 1. The first kappa shape index (κ1) is 19.9. The van der Waals surface area contributed by atoms with E-state index in [4.69, 9.17) is 5.11 Å². The number of benzene rings is 1. The van der Waals surface area contributed by atoms with E-state index in [1.807, 2.05) is 35.0 Å². The molecule has 1 fully saturated rings. The molecule has 0 radical (unpaired) electrons. The maximum atomic E-state index is 12.6. The summed E-state index contributed by atoms with van der Waals surface area (Å²) in [6.07, 6.45) is 5.93. The second-order valence-corrected chi connectivity index (χ2v) is 7.36. The van der Waals surface area contributed by atoms with Gasteiger partial charge in [0.15, 0.2) is 0 Å². The van der Waals surface area contributed by atoms with Crippen LogP contribution in [0.4, 0.5) is 10.5 Å².